The van der Waals surface area contributed by atoms with Crippen molar-refractivity contribution >= 4 is 11.7 Å². The van der Waals surface area contributed by atoms with E-state index in [4.69, 9.17) is 10.5 Å². The third-order valence-electron chi connectivity index (χ3n) is 8.31. The lowest BCUT2D eigenvalue weighted by Gasteiger charge is -2.35. The van der Waals surface area contributed by atoms with Gasteiger partial charge in [-0.3, -0.25) is 9.59 Å². The predicted molar refractivity (Wildman–Crippen MR) is 134 cm³/mol. The molecule has 6 heteroatoms. The molecule has 4 rings (SSSR count). The Morgan fingerprint density at radius 2 is 1.71 bits per heavy atom. The number of hydrogen-bond acceptors (Lipinski definition) is 5. The van der Waals surface area contributed by atoms with Gasteiger partial charge in [0.25, 0.3) is 0 Å². The van der Waals surface area contributed by atoms with Crippen molar-refractivity contribution in [2.75, 3.05) is 39.4 Å². The quantitative estimate of drug-likeness (QED) is 0.549. The lowest BCUT2D eigenvalue weighted by molar-refractivity contribution is -0.131. The number of amides is 1. The van der Waals surface area contributed by atoms with Crippen molar-refractivity contribution in [3.05, 3.63) is 35.9 Å². The van der Waals surface area contributed by atoms with Crippen LogP contribution in [0.1, 0.15) is 63.4 Å². The molecule has 0 aromatic heterocycles. The fraction of sp³-hybridized carbons (Fsp3) is 0.714. The van der Waals surface area contributed by atoms with Crippen LogP contribution in [-0.2, 0) is 20.7 Å². The maximum Gasteiger partial charge on any atom is 0.223 e. The van der Waals surface area contributed by atoms with E-state index in [1.165, 1.54) is 19.4 Å². The fourth-order valence-corrected chi connectivity index (χ4v) is 5.92. The van der Waals surface area contributed by atoms with Gasteiger partial charge in [0, 0.05) is 38.6 Å². The summed E-state index contributed by atoms with van der Waals surface area (Å²) in [6, 6.07) is 10.0. The Bertz CT molecular complexity index is 779. The van der Waals surface area contributed by atoms with E-state index >= 15 is 0 Å². The minimum atomic E-state index is -0.730. The number of likely N-dealkylation sites (tertiary alicyclic amines) is 1. The Morgan fingerprint density at radius 3 is 2.38 bits per heavy atom. The van der Waals surface area contributed by atoms with Gasteiger partial charge < -0.3 is 20.7 Å². The first kappa shape index (κ1) is 25.3. The summed E-state index contributed by atoms with van der Waals surface area (Å²) in [7, 11) is 0. The van der Waals surface area contributed by atoms with Crippen molar-refractivity contribution in [3.8, 4) is 0 Å². The number of ketones is 1. The Hall–Kier alpha value is -1.76. The molecule has 0 bridgehead atoms. The highest BCUT2D eigenvalue weighted by Crippen LogP contribution is 2.30. The zero-order chi connectivity index (χ0) is 23.8. The molecule has 3 N–H and O–H groups in total. The molecule has 1 atom stereocenters. The second-order valence-corrected chi connectivity index (χ2v) is 10.9. The van der Waals surface area contributed by atoms with Crippen LogP contribution in [0, 0.1) is 17.8 Å². The number of hydrogen-bond donors (Lipinski definition) is 2. The number of rotatable bonds is 10. The summed E-state index contributed by atoms with van der Waals surface area (Å²) in [4.78, 5) is 28.9. The van der Waals surface area contributed by atoms with Crippen LogP contribution in [-0.4, -0.2) is 61.5 Å². The molecule has 0 radical (unpaired) electrons. The second-order valence-electron chi connectivity index (χ2n) is 10.9. The molecule has 34 heavy (non-hydrogen) atoms. The number of benzene rings is 1. The van der Waals surface area contributed by atoms with Crippen LogP contribution in [0.3, 0.4) is 0 Å². The first-order chi connectivity index (χ1) is 16.5. The Balaban J connectivity index is 1.26. The molecule has 1 saturated carbocycles. The Morgan fingerprint density at radius 1 is 1.03 bits per heavy atom. The first-order valence-corrected chi connectivity index (χ1v) is 13.5. The van der Waals surface area contributed by atoms with Gasteiger partial charge >= 0.3 is 0 Å². The third-order valence-corrected chi connectivity index (χ3v) is 8.31. The minimum Gasteiger partial charge on any atom is -0.381 e. The predicted octanol–water partition coefficient (Wildman–Crippen LogP) is 3.33. The van der Waals surface area contributed by atoms with Crippen LogP contribution in [0.15, 0.2) is 30.3 Å². The molecular formula is C28H43N3O3. The van der Waals surface area contributed by atoms with E-state index in [2.05, 4.69) is 10.2 Å². The number of carbonyl (C=O) groups excluding carboxylic acids is 2. The second kappa shape index (κ2) is 12.3. The van der Waals surface area contributed by atoms with Gasteiger partial charge in [0.1, 0.15) is 0 Å². The Kier molecular flexibility index (Phi) is 9.15. The molecule has 0 spiro atoms. The highest BCUT2D eigenvalue weighted by molar-refractivity contribution is 5.92. The summed E-state index contributed by atoms with van der Waals surface area (Å²) in [6.07, 6.45) is 8.93. The summed E-state index contributed by atoms with van der Waals surface area (Å²) in [5.41, 5.74) is 6.78. The SMILES string of the molecule is NC1(C(=O)CC(Cc2ccccc2)C(=O)NCC2CCN(CC3CCOCC3)CC2)CCCC1. The largest absolute Gasteiger partial charge is 0.381 e. The number of nitrogens with two attached hydrogens (primary N) is 1. The van der Waals surface area contributed by atoms with Crippen LogP contribution in [0.4, 0.5) is 0 Å². The van der Waals surface area contributed by atoms with Crippen LogP contribution >= 0.6 is 0 Å². The summed E-state index contributed by atoms with van der Waals surface area (Å²) in [5.74, 6) is 0.987. The van der Waals surface area contributed by atoms with Crippen LogP contribution in [0.2, 0.25) is 0 Å². The van der Waals surface area contributed by atoms with Crippen molar-refractivity contribution < 1.29 is 14.3 Å². The maximum absolute atomic E-state index is 13.2. The van der Waals surface area contributed by atoms with E-state index in [1.54, 1.807) is 0 Å². The zero-order valence-corrected chi connectivity index (χ0v) is 20.7. The fourth-order valence-electron chi connectivity index (χ4n) is 5.92. The standard InChI is InChI=1S/C28H43N3O3/c29-28(12-4-5-13-28)26(32)19-25(18-22-6-2-1-3-7-22)27(33)30-20-23-8-14-31(15-9-23)21-24-10-16-34-17-11-24/h1-3,6-7,23-25H,4-5,8-21,29H2,(H,30,33). The van der Waals surface area contributed by atoms with Gasteiger partial charge in [0.15, 0.2) is 5.78 Å². The molecule has 2 saturated heterocycles. The average molecular weight is 470 g/mol. The van der Waals surface area contributed by atoms with Gasteiger partial charge in [0.2, 0.25) is 5.91 Å². The topological polar surface area (TPSA) is 84.7 Å². The molecule has 3 aliphatic rings. The zero-order valence-electron chi connectivity index (χ0n) is 20.7. The van der Waals surface area contributed by atoms with Crippen LogP contribution < -0.4 is 11.1 Å². The molecule has 1 aromatic carbocycles. The summed E-state index contributed by atoms with van der Waals surface area (Å²) >= 11 is 0. The van der Waals surface area contributed by atoms with E-state index in [-0.39, 0.29) is 24.0 Å². The van der Waals surface area contributed by atoms with E-state index in [0.717, 1.165) is 76.3 Å². The molecule has 6 nitrogen and oxygen atoms in total. The van der Waals surface area contributed by atoms with Crippen LogP contribution in [0.5, 0.6) is 0 Å². The van der Waals surface area contributed by atoms with Crippen molar-refractivity contribution in [2.45, 2.75) is 69.7 Å². The van der Waals surface area contributed by atoms with Gasteiger partial charge in [0.05, 0.1) is 5.54 Å². The number of Topliss-reactive ketones (excluding diaryl/α,β-unsaturated/α-hetero) is 1. The minimum absolute atomic E-state index is 0.00318. The number of carbonyl (C=O) groups is 2. The molecule has 1 unspecified atom stereocenters. The molecule has 2 heterocycles. The summed E-state index contributed by atoms with van der Waals surface area (Å²) in [6.45, 7) is 5.93. The summed E-state index contributed by atoms with van der Waals surface area (Å²) < 4.78 is 5.49. The van der Waals surface area contributed by atoms with Crippen LogP contribution in [0.25, 0.3) is 0 Å². The molecule has 2 aliphatic heterocycles. The van der Waals surface area contributed by atoms with E-state index in [1.807, 2.05) is 30.3 Å². The lowest BCUT2D eigenvalue weighted by atomic mass is 9.84. The highest BCUT2D eigenvalue weighted by atomic mass is 16.5. The molecule has 1 aromatic rings. The highest BCUT2D eigenvalue weighted by Gasteiger charge is 2.38. The molecule has 188 valence electrons. The van der Waals surface area contributed by atoms with Crippen molar-refractivity contribution in [1.82, 2.24) is 10.2 Å². The molecule has 3 fully saturated rings. The van der Waals surface area contributed by atoms with Crippen molar-refractivity contribution in [1.29, 1.82) is 0 Å². The van der Waals surface area contributed by atoms with Crippen molar-refractivity contribution in [2.24, 2.45) is 23.5 Å². The van der Waals surface area contributed by atoms with E-state index in [9.17, 15) is 9.59 Å². The van der Waals surface area contributed by atoms with E-state index < -0.39 is 5.54 Å². The van der Waals surface area contributed by atoms with Gasteiger partial charge in [-0.05, 0) is 75.4 Å². The monoisotopic (exact) mass is 469 g/mol. The molecule has 1 amide bonds. The Labute approximate surface area is 205 Å². The van der Waals surface area contributed by atoms with Gasteiger partial charge in [-0.25, -0.2) is 0 Å². The molecular weight excluding hydrogens is 426 g/mol. The van der Waals surface area contributed by atoms with Gasteiger partial charge in [-0.1, -0.05) is 43.2 Å². The van der Waals surface area contributed by atoms with Gasteiger partial charge in [-0.15, -0.1) is 0 Å². The van der Waals surface area contributed by atoms with Crippen molar-refractivity contribution in [3.63, 3.8) is 0 Å². The van der Waals surface area contributed by atoms with Gasteiger partial charge in [-0.2, -0.15) is 0 Å². The number of piperidine rings is 1. The normalized spacial score (nSPS) is 23.0. The summed E-state index contributed by atoms with van der Waals surface area (Å²) in [5, 5.41) is 3.21. The maximum atomic E-state index is 13.2. The number of nitrogens with one attached hydrogen (secondary N) is 1. The smallest absolute Gasteiger partial charge is 0.223 e. The third kappa shape index (κ3) is 7.12. The number of nitrogens with zero attached hydrogens (tertiary/aromatic N) is 1. The number of ether oxygens (including phenoxy) is 1. The molecule has 1 aliphatic carbocycles. The average Bonchev–Trinajstić information content (AvgIpc) is 3.32. The first-order valence-electron chi connectivity index (χ1n) is 13.5. The lowest BCUT2D eigenvalue weighted by Crippen LogP contribution is -2.47. The van der Waals surface area contributed by atoms with E-state index in [0.29, 0.717) is 18.9 Å².